The zero-order valence-corrected chi connectivity index (χ0v) is 12.0. The molecule has 4 nitrogen and oxygen atoms in total. The molecule has 1 saturated heterocycles. The first-order valence-corrected chi connectivity index (χ1v) is 7.44. The van der Waals surface area contributed by atoms with Crippen LogP contribution in [-0.2, 0) is 7.05 Å². The molecule has 100 valence electrons. The molecule has 0 radical (unpaired) electrons. The smallest absolute Gasteiger partial charge is 0.257 e. The third kappa shape index (κ3) is 2.08. The van der Waals surface area contributed by atoms with Gasteiger partial charge in [0.25, 0.3) is 5.91 Å². The topological polar surface area (TPSA) is 38.1 Å². The van der Waals surface area contributed by atoms with Gasteiger partial charge in [0.1, 0.15) is 0 Å². The van der Waals surface area contributed by atoms with Crippen molar-refractivity contribution in [3.63, 3.8) is 0 Å². The van der Waals surface area contributed by atoms with Crippen LogP contribution in [0.5, 0.6) is 0 Å². The van der Waals surface area contributed by atoms with Gasteiger partial charge < -0.3 is 4.90 Å². The lowest BCUT2D eigenvalue weighted by molar-refractivity contribution is 0.0735. The number of hydrogen-bond acceptors (Lipinski definition) is 3. The van der Waals surface area contributed by atoms with Gasteiger partial charge in [-0.2, -0.15) is 16.4 Å². The molecule has 2 aromatic rings. The number of nitrogens with zero attached hydrogens (tertiary/aromatic N) is 3. The monoisotopic (exact) mass is 275 g/mol. The predicted molar refractivity (Wildman–Crippen MR) is 75.3 cm³/mol. The summed E-state index contributed by atoms with van der Waals surface area (Å²) in [6.07, 6.45) is 3.81. The van der Waals surface area contributed by atoms with Gasteiger partial charge in [-0.15, -0.1) is 0 Å². The second kappa shape index (κ2) is 4.81. The largest absolute Gasteiger partial charge is 0.331 e. The van der Waals surface area contributed by atoms with E-state index in [-0.39, 0.29) is 11.9 Å². The van der Waals surface area contributed by atoms with Gasteiger partial charge in [0.2, 0.25) is 0 Å². The third-order valence-electron chi connectivity index (χ3n) is 3.91. The van der Waals surface area contributed by atoms with Crippen molar-refractivity contribution >= 4 is 17.2 Å². The van der Waals surface area contributed by atoms with Crippen molar-refractivity contribution < 1.29 is 4.79 Å². The Balaban J connectivity index is 1.89. The van der Waals surface area contributed by atoms with Crippen LogP contribution < -0.4 is 0 Å². The summed E-state index contributed by atoms with van der Waals surface area (Å²) in [6, 6.07) is 2.36. The van der Waals surface area contributed by atoms with E-state index >= 15 is 0 Å². The van der Waals surface area contributed by atoms with Crippen LogP contribution in [0, 0.1) is 6.92 Å². The molecule has 1 atom stereocenters. The quantitative estimate of drug-likeness (QED) is 0.845. The summed E-state index contributed by atoms with van der Waals surface area (Å²) >= 11 is 1.69. The van der Waals surface area contributed by atoms with E-state index in [0.717, 1.165) is 30.6 Å². The highest BCUT2D eigenvalue weighted by atomic mass is 32.1. The average Bonchev–Trinajstić information content (AvgIpc) is 3.11. The van der Waals surface area contributed by atoms with Gasteiger partial charge in [-0.1, -0.05) is 0 Å². The van der Waals surface area contributed by atoms with Crippen LogP contribution in [0.4, 0.5) is 0 Å². The maximum atomic E-state index is 12.7. The highest BCUT2D eigenvalue weighted by molar-refractivity contribution is 7.07. The van der Waals surface area contributed by atoms with Crippen LogP contribution in [0.3, 0.4) is 0 Å². The van der Waals surface area contributed by atoms with Gasteiger partial charge in [0.15, 0.2) is 0 Å². The lowest BCUT2D eigenvalue weighted by Gasteiger charge is -2.24. The number of hydrogen-bond donors (Lipinski definition) is 0. The molecule has 2 aromatic heterocycles. The average molecular weight is 275 g/mol. The molecule has 3 rings (SSSR count). The third-order valence-corrected chi connectivity index (χ3v) is 4.61. The van der Waals surface area contributed by atoms with E-state index in [1.54, 1.807) is 22.2 Å². The molecule has 0 spiro atoms. The van der Waals surface area contributed by atoms with E-state index in [1.807, 2.05) is 18.9 Å². The van der Waals surface area contributed by atoms with Crippen LogP contribution in [-0.4, -0.2) is 27.1 Å². The summed E-state index contributed by atoms with van der Waals surface area (Å²) in [4.78, 5) is 14.7. The van der Waals surface area contributed by atoms with Gasteiger partial charge >= 0.3 is 0 Å². The second-order valence-electron chi connectivity index (χ2n) is 4.98. The van der Waals surface area contributed by atoms with Crippen molar-refractivity contribution in [3.05, 3.63) is 39.8 Å². The Kier molecular flexibility index (Phi) is 3.14. The van der Waals surface area contributed by atoms with Crippen molar-refractivity contribution in [1.82, 2.24) is 14.7 Å². The summed E-state index contributed by atoms with van der Waals surface area (Å²) < 4.78 is 1.75. The van der Waals surface area contributed by atoms with Crippen molar-refractivity contribution in [3.8, 4) is 0 Å². The fourth-order valence-corrected chi connectivity index (χ4v) is 3.39. The molecule has 1 fully saturated rings. The standard InChI is InChI=1S/C14H17N3OS/c1-10-12(8-15-16(10)2)14(18)17-6-3-4-13(17)11-5-7-19-9-11/h5,7-9,13H,3-4,6H2,1-2H3/t13-/m1/s1. The van der Waals surface area contributed by atoms with Crippen molar-refractivity contribution in [2.75, 3.05) is 6.54 Å². The van der Waals surface area contributed by atoms with Crippen LogP contribution in [0.2, 0.25) is 0 Å². The van der Waals surface area contributed by atoms with Gasteiger partial charge in [-0.05, 0) is 42.2 Å². The number of thiophene rings is 1. The zero-order chi connectivity index (χ0) is 13.4. The second-order valence-corrected chi connectivity index (χ2v) is 5.76. The van der Waals surface area contributed by atoms with Gasteiger partial charge in [0, 0.05) is 19.3 Å². The molecule has 0 aliphatic carbocycles. The number of carbonyl (C=O) groups excluding carboxylic acids is 1. The highest BCUT2D eigenvalue weighted by Gasteiger charge is 2.32. The van der Waals surface area contributed by atoms with E-state index in [4.69, 9.17) is 0 Å². The van der Waals surface area contributed by atoms with Gasteiger partial charge in [0.05, 0.1) is 17.8 Å². The maximum absolute atomic E-state index is 12.7. The molecular weight excluding hydrogens is 258 g/mol. The first-order valence-electron chi connectivity index (χ1n) is 6.50. The normalized spacial score (nSPS) is 19.1. The first-order chi connectivity index (χ1) is 9.18. The molecule has 0 bridgehead atoms. The zero-order valence-electron chi connectivity index (χ0n) is 11.2. The van der Waals surface area contributed by atoms with Crippen LogP contribution >= 0.6 is 11.3 Å². The Bertz CT molecular complexity index is 588. The minimum absolute atomic E-state index is 0.110. The number of carbonyl (C=O) groups is 1. The van der Waals surface area contributed by atoms with Crippen LogP contribution in [0.1, 0.15) is 40.5 Å². The van der Waals surface area contributed by atoms with Crippen LogP contribution in [0.15, 0.2) is 23.0 Å². The molecule has 1 amide bonds. The van der Waals surface area contributed by atoms with Gasteiger partial charge in [-0.25, -0.2) is 0 Å². The molecular formula is C14H17N3OS. The van der Waals surface area contributed by atoms with E-state index in [0.29, 0.717) is 0 Å². The number of rotatable bonds is 2. The molecule has 19 heavy (non-hydrogen) atoms. The molecule has 3 heterocycles. The Morgan fingerprint density at radius 3 is 3.00 bits per heavy atom. The maximum Gasteiger partial charge on any atom is 0.257 e. The molecule has 5 heteroatoms. The number of amides is 1. The molecule has 1 aliphatic rings. The predicted octanol–water partition coefficient (Wildman–Crippen LogP) is 2.77. The van der Waals surface area contributed by atoms with Crippen molar-refractivity contribution in [1.29, 1.82) is 0 Å². The summed E-state index contributed by atoms with van der Waals surface area (Å²) in [6.45, 7) is 2.78. The van der Waals surface area contributed by atoms with Crippen LogP contribution in [0.25, 0.3) is 0 Å². The number of aryl methyl sites for hydroxylation is 1. The Hall–Kier alpha value is -1.62. The summed E-state index contributed by atoms with van der Waals surface area (Å²) in [7, 11) is 1.87. The van der Waals surface area contributed by atoms with E-state index in [2.05, 4.69) is 21.9 Å². The van der Waals surface area contributed by atoms with E-state index in [9.17, 15) is 4.79 Å². The Morgan fingerprint density at radius 2 is 2.37 bits per heavy atom. The Morgan fingerprint density at radius 1 is 1.53 bits per heavy atom. The summed E-state index contributed by atoms with van der Waals surface area (Å²) in [5, 5.41) is 8.39. The van der Waals surface area contributed by atoms with E-state index in [1.165, 1.54) is 5.56 Å². The van der Waals surface area contributed by atoms with E-state index < -0.39 is 0 Å². The highest BCUT2D eigenvalue weighted by Crippen LogP contribution is 2.34. The number of likely N-dealkylation sites (tertiary alicyclic amines) is 1. The summed E-state index contributed by atoms with van der Waals surface area (Å²) in [5.74, 6) is 0.110. The number of aromatic nitrogens is 2. The SMILES string of the molecule is Cc1c(C(=O)N2CCC[C@@H]2c2ccsc2)cnn1C. The Labute approximate surface area is 116 Å². The van der Waals surface area contributed by atoms with Gasteiger partial charge in [-0.3, -0.25) is 9.48 Å². The lowest BCUT2D eigenvalue weighted by Crippen LogP contribution is -2.30. The fraction of sp³-hybridized carbons (Fsp3) is 0.429. The molecule has 0 saturated carbocycles. The minimum atomic E-state index is 0.110. The van der Waals surface area contributed by atoms with Crippen molar-refractivity contribution in [2.45, 2.75) is 25.8 Å². The molecule has 0 aromatic carbocycles. The molecule has 0 unspecified atom stereocenters. The summed E-state index contributed by atoms with van der Waals surface area (Å²) in [5.41, 5.74) is 2.92. The lowest BCUT2D eigenvalue weighted by atomic mass is 10.1. The van der Waals surface area contributed by atoms with Crippen molar-refractivity contribution in [2.24, 2.45) is 7.05 Å². The minimum Gasteiger partial charge on any atom is -0.331 e. The molecule has 1 aliphatic heterocycles. The molecule has 0 N–H and O–H groups in total. The first kappa shape index (κ1) is 12.4. The fourth-order valence-electron chi connectivity index (χ4n) is 2.68.